The lowest BCUT2D eigenvalue weighted by Crippen LogP contribution is -2.16. The molecule has 5 heteroatoms. The lowest BCUT2D eigenvalue weighted by molar-refractivity contribution is -0.115. The van der Waals surface area contributed by atoms with Crippen LogP contribution in [0.5, 0.6) is 0 Å². The Kier molecular flexibility index (Phi) is 4.31. The summed E-state index contributed by atoms with van der Waals surface area (Å²) in [5, 5.41) is 0. The molecule has 1 aromatic carbocycles. The number of esters is 1. The summed E-state index contributed by atoms with van der Waals surface area (Å²) >= 11 is 5.70. The molecule has 1 rings (SSSR count). The van der Waals surface area contributed by atoms with E-state index in [1.165, 1.54) is 6.92 Å². The molecule has 0 bridgehead atoms. The Morgan fingerprint density at radius 2 is 1.88 bits per heavy atom. The molecule has 0 spiro atoms. The maximum absolute atomic E-state index is 11.3. The molecule has 0 N–H and O–H groups in total. The highest BCUT2D eigenvalue weighted by Crippen LogP contribution is 2.17. The second-order valence-electron chi connectivity index (χ2n) is 3.07. The van der Waals surface area contributed by atoms with Crippen LogP contribution < -0.4 is 4.42 Å². The molecule has 1 amide bonds. The summed E-state index contributed by atoms with van der Waals surface area (Å²) in [4.78, 5) is 22.3. The number of halogens is 1. The molecule has 16 heavy (non-hydrogen) atoms. The van der Waals surface area contributed by atoms with Crippen molar-refractivity contribution in [2.45, 2.75) is 13.8 Å². The van der Waals surface area contributed by atoms with Gasteiger partial charge in [0.05, 0.1) is 17.9 Å². The van der Waals surface area contributed by atoms with Crippen LogP contribution in [0.3, 0.4) is 0 Å². The van der Waals surface area contributed by atoms with Gasteiger partial charge in [0.2, 0.25) is 5.91 Å². The number of amides is 1. The van der Waals surface area contributed by atoms with Crippen LogP contribution in [0.25, 0.3) is 0 Å². The minimum absolute atomic E-state index is 0.287. The Balaban J connectivity index is 2.83. The van der Waals surface area contributed by atoms with Gasteiger partial charge in [-0.25, -0.2) is 9.21 Å². The van der Waals surface area contributed by atoms with E-state index in [0.717, 1.165) is 4.42 Å². The zero-order valence-corrected chi connectivity index (χ0v) is 9.82. The molecular weight excluding hydrogens is 230 g/mol. The first kappa shape index (κ1) is 12.5. The number of ether oxygens (including phenoxy) is 1. The number of hydrogen-bond donors (Lipinski definition) is 0. The second-order valence-corrected chi connectivity index (χ2v) is 3.41. The predicted octanol–water partition coefficient (Wildman–Crippen LogP) is 2.37. The highest BCUT2D eigenvalue weighted by atomic mass is 35.5. The molecule has 0 fully saturated rings. The van der Waals surface area contributed by atoms with Gasteiger partial charge >= 0.3 is 5.97 Å². The Bertz CT molecular complexity index is 389. The standard InChI is InChI=1S/C11H12ClNO3/c1-3-16-11(15)9-4-6-10(7-5-9)13(12)8(2)14/h4-7H,3H2,1-2H3. The van der Waals surface area contributed by atoms with E-state index in [1.54, 1.807) is 31.2 Å². The molecular formula is C11H12ClNO3. The maximum Gasteiger partial charge on any atom is 0.338 e. The van der Waals surface area contributed by atoms with E-state index in [1.807, 2.05) is 0 Å². The number of carbonyl (C=O) groups excluding carboxylic acids is 2. The van der Waals surface area contributed by atoms with Crippen molar-refractivity contribution in [3.05, 3.63) is 29.8 Å². The topological polar surface area (TPSA) is 46.6 Å². The van der Waals surface area contributed by atoms with Crippen molar-refractivity contribution >= 4 is 29.3 Å². The summed E-state index contributed by atoms with van der Waals surface area (Å²) in [5.74, 6) is -0.677. The fraction of sp³-hybridized carbons (Fsp3) is 0.273. The first-order chi connectivity index (χ1) is 7.56. The molecule has 0 aliphatic carbocycles. The summed E-state index contributed by atoms with van der Waals surface area (Å²) in [5.41, 5.74) is 0.946. The van der Waals surface area contributed by atoms with Crippen molar-refractivity contribution in [3.8, 4) is 0 Å². The molecule has 0 unspecified atom stereocenters. The van der Waals surface area contributed by atoms with Crippen LogP contribution in [0.1, 0.15) is 24.2 Å². The molecule has 4 nitrogen and oxygen atoms in total. The molecule has 1 aromatic rings. The third-order valence-corrected chi connectivity index (χ3v) is 2.31. The number of carbonyl (C=O) groups is 2. The average molecular weight is 242 g/mol. The Morgan fingerprint density at radius 1 is 1.31 bits per heavy atom. The van der Waals surface area contributed by atoms with Crippen LogP contribution in [-0.4, -0.2) is 18.5 Å². The van der Waals surface area contributed by atoms with Gasteiger partial charge < -0.3 is 4.74 Å². The van der Waals surface area contributed by atoms with Crippen molar-refractivity contribution in [3.63, 3.8) is 0 Å². The van der Waals surface area contributed by atoms with E-state index in [0.29, 0.717) is 17.9 Å². The highest BCUT2D eigenvalue weighted by molar-refractivity contribution is 6.36. The van der Waals surface area contributed by atoms with Crippen molar-refractivity contribution in [1.29, 1.82) is 0 Å². The van der Waals surface area contributed by atoms with Gasteiger partial charge in [-0.1, -0.05) is 0 Å². The second kappa shape index (κ2) is 5.51. The monoisotopic (exact) mass is 241 g/mol. The molecule has 0 aromatic heterocycles. The van der Waals surface area contributed by atoms with E-state index in [9.17, 15) is 9.59 Å². The lowest BCUT2D eigenvalue weighted by atomic mass is 10.2. The van der Waals surface area contributed by atoms with E-state index in [4.69, 9.17) is 16.5 Å². The number of nitrogens with zero attached hydrogens (tertiary/aromatic N) is 1. The van der Waals surface area contributed by atoms with E-state index >= 15 is 0 Å². The number of benzene rings is 1. The maximum atomic E-state index is 11.3. The third kappa shape index (κ3) is 2.97. The van der Waals surface area contributed by atoms with E-state index in [2.05, 4.69) is 0 Å². The van der Waals surface area contributed by atoms with Crippen LogP contribution >= 0.6 is 11.8 Å². The quantitative estimate of drug-likeness (QED) is 0.603. The Morgan fingerprint density at radius 3 is 2.31 bits per heavy atom. The summed E-state index contributed by atoms with van der Waals surface area (Å²) in [7, 11) is 0. The van der Waals surface area contributed by atoms with Gasteiger partial charge in [0.1, 0.15) is 0 Å². The SMILES string of the molecule is CCOC(=O)c1ccc(N(Cl)C(C)=O)cc1. The van der Waals surface area contributed by atoms with Crippen LogP contribution in [0.15, 0.2) is 24.3 Å². The molecule has 0 saturated carbocycles. The Labute approximate surface area is 98.9 Å². The van der Waals surface area contributed by atoms with Crippen molar-refractivity contribution < 1.29 is 14.3 Å². The smallest absolute Gasteiger partial charge is 0.338 e. The first-order valence-electron chi connectivity index (χ1n) is 4.80. The largest absolute Gasteiger partial charge is 0.462 e. The predicted molar refractivity (Wildman–Crippen MR) is 61.4 cm³/mol. The molecule has 86 valence electrons. The van der Waals surface area contributed by atoms with Crippen molar-refractivity contribution in [1.82, 2.24) is 0 Å². The van der Waals surface area contributed by atoms with Crippen LogP contribution in [0, 0.1) is 0 Å². The van der Waals surface area contributed by atoms with Gasteiger partial charge in [0.25, 0.3) is 0 Å². The van der Waals surface area contributed by atoms with Crippen LogP contribution in [0.4, 0.5) is 5.69 Å². The number of rotatable bonds is 3. The summed E-state index contributed by atoms with van der Waals surface area (Å²) in [6.07, 6.45) is 0. The molecule has 0 saturated heterocycles. The minimum atomic E-state index is -0.391. The van der Waals surface area contributed by atoms with Gasteiger partial charge in [-0.2, -0.15) is 0 Å². The number of anilines is 1. The number of hydrogen-bond acceptors (Lipinski definition) is 3. The van der Waals surface area contributed by atoms with E-state index < -0.39 is 5.97 Å². The summed E-state index contributed by atoms with van der Waals surface area (Å²) < 4.78 is 5.80. The zero-order valence-electron chi connectivity index (χ0n) is 9.07. The van der Waals surface area contributed by atoms with Gasteiger partial charge in [0, 0.05) is 18.7 Å². The van der Waals surface area contributed by atoms with Gasteiger partial charge in [-0.15, -0.1) is 0 Å². The summed E-state index contributed by atoms with van der Waals surface area (Å²) in [6, 6.07) is 6.29. The Hall–Kier alpha value is -1.55. The molecule has 0 aliphatic rings. The third-order valence-electron chi connectivity index (χ3n) is 1.88. The summed E-state index contributed by atoms with van der Waals surface area (Å²) in [6.45, 7) is 3.42. The van der Waals surface area contributed by atoms with Crippen molar-refractivity contribution in [2.75, 3.05) is 11.0 Å². The molecule has 0 atom stereocenters. The van der Waals surface area contributed by atoms with Gasteiger partial charge in [0.15, 0.2) is 0 Å². The molecule has 0 aliphatic heterocycles. The minimum Gasteiger partial charge on any atom is -0.462 e. The fourth-order valence-corrected chi connectivity index (χ4v) is 1.24. The molecule has 0 heterocycles. The lowest BCUT2D eigenvalue weighted by Gasteiger charge is -2.11. The van der Waals surface area contributed by atoms with Gasteiger partial charge in [-0.3, -0.25) is 4.79 Å². The zero-order chi connectivity index (χ0) is 12.1. The average Bonchev–Trinajstić information content (AvgIpc) is 2.28. The first-order valence-corrected chi connectivity index (χ1v) is 5.13. The van der Waals surface area contributed by atoms with Crippen LogP contribution in [-0.2, 0) is 9.53 Å². The fourth-order valence-electron chi connectivity index (χ4n) is 1.12. The van der Waals surface area contributed by atoms with E-state index in [-0.39, 0.29) is 5.91 Å². The molecule has 0 radical (unpaired) electrons. The van der Waals surface area contributed by atoms with Gasteiger partial charge in [-0.05, 0) is 31.2 Å². The van der Waals surface area contributed by atoms with Crippen LogP contribution in [0.2, 0.25) is 0 Å². The van der Waals surface area contributed by atoms with Crippen molar-refractivity contribution in [2.24, 2.45) is 0 Å². The normalized spacial score (nSPS) is 9.69. The highest BCUT2D eigenvalue weighted by Gasteiger charge is 2.10.